The van der Waals surface area contributed by atoms with Crippen molar-refractivity contribution in [3.63, 3.8) is 0 Å². The van der Waals surface area contributed by atoms with Gasteiger partial charge < -0.3 is 19.9 Å². The van der Waals surface area contributed by atoms with Crippen LogP contribution in [0.15, 0.2) is 48.9 Å². The molecule has 2 aliphatic heterocycles. The first-order valence-corrected chi connectivity index (χ1v) is 13.2. The number of pyridine rings is 1. The fourth-order valence-electron chi connectivity index (χ4n) is 5.32. The molecule has 0 bridgehead atoms. The van der Waals surface area contributed by atoms with Gasteiger partial charge in [0.25, 0.3) is 11.7 Å². The average molecular weight is 515 g/mol. The summed E-state index contributed by atoms with van der Waals surface area (Å²) in [6, 6.07) is 11.5. The van der Waals surface area contributed by atoms with E-state index < -0.39 is 0 Å². The Kier molecular flexibility index (Phi) is 6.72. The van der Waals surface area contributed by atoms with E-state index >= 15 is 0 Å². The number of anilines is 1. The van der Waals surface area contributed by atoms with Crippen molar-refractivity contribution in [1.29, 1.82) is 0 Å². The molecule has 4 aromatic rings. The molecule has 11 nitrogen and oxygen atoms in total. The van der Waals surface area contributed by atoms with Crippen molar-refractivity contribution < 1.29 is 14.3 Å². The quantitative estimate of drug-likeness (QED) is 0.339. The van der Waals surface area contributed by atoms with Crippen LogP contribution < -0.4 is 15.0 Å². The van der Waals surface area contributed by atoms with Crippen LogP contribution in [0, 0.1) is 0 Å². The number of carbonyl (C=O) groups is 2. The number of aromatic nitrogens is 5. The first-order chi connectivity index (χ1) is 18.7. The van der Waals surface area contributed by atoms with Crippen LogP contribution in [0.3, 0.4) is 0 Å². The van der Waals surface area contributed by atoms with Crippen LogP contribution in [-0.4, -0.2) is 80.1 Å². The highest BCUT2D eigenvalue weighted by Gasteiger charge is 2.28. The molecule has 5 heterocycles. The summed E-state index contributed by atoms with van der Waals surface area (Å²) in [5.74, 6) is 2.09. The van der Waals surface area contributed by atoms with E-state index in [-0.39, 0.29) is 17.9 Å². The Balaban J connectivity index is 1.15. The lowest BCUT2D eigenvalue weighted by Gasteiger charge is -2.27. The molecule has 0 saturated carbocycles. The third-order valence-electron chi connectivity index (χ3n) is 7.24. The Hall–Kier alpha value is -4.28. The van der Waals surface area contributed by atoms with E-state index in [1.54, 1.807) is 16.8 Å². The van der Waals surface area contributed by atoms with Gasteiger partial charge in [-0.05, 0) is 43.9 Å². The number of amides is 2. The van der Waals surface area contributed by atoms with Gasteiger partial charge in [0.15, 0.2) is 0 Å². The first-order valence-electron chi connectivity index (χ1n) is 13.2. The lowest BCUT2D eigenvalue weighted by molar-refractivity contribution is -0.127. The standard InChI is InChI=1S/C27H30N8O3/c36-25-9-4-13-33(25)14-5-11-28-26(37)22-16-23(20-7-1-2-8-21(20)32-22)38-17-19-6-3-15-34(19)24-10-12-29-27-30-18-31-35(24)27/h1-2,7-8,10,12,16,18-19H,3-6,9,11,13-15,17H2,(H,28,37)/t19-/m1/s1. The molecule has 0 aliphatic carbocycles. The Morgan fingerprint density at radius 1 is 1.13 bits per heavy atom. The van der Waals surface area contributed by atoms with Crippen LogP contribution in [-0.2, 0) is 4.79 Å². The zero-order valence-electron chi connectivity index (χ0n) is 21.1. The van der Waals surface area contributed by atoms with Crippen LogP contribution in [0.2, 0.25) is 0 Å². The number of ether oxygens (including phenoxy) is 1. The fraction of sp³-hybridized carbons (Fsp3) is 0.407. The number of likely N-dealkylation sites (tertiary alicyclic amines) is 1. The van der Waals surface area contributed by atoms with Crippen LogP contribution in [0.1, 0.15) is 42.6 Å². The third-order valence-corrected chi connectivity index (χ3v) is 7.24. The van der Waals surface area contributed by atoms with E-state index in [9.17, 15) is 9.59 Å². The maximum absolute atomic E-state index is 13.0. The van der Waals surface area contributed by atoms with Crippen molar-refractivity contribution >= 4 is 34.3 Å². The molecule has 0 spiro atoms. The number of nitrogens with zero attached hydrogens (tertiary/aromatic N) is 7. The highest BCUT2D eigenvalue weighted by atomic mass is 16.5. The van der Waals surface area contributed by atoms with Gasteiger partial charge in [0.1, 0.15) is 30.2 Å². The Morgan fingerprint density at radius 3 is 2.95 bits per heavy atom. The van der Waals surface area contributed by atoms with E-state index in [0.717, 1.165) is 43.6 Å². The molecule has 1 atom stereocenters. The number of hydrogen-bond donors (Lipinski definition) is 1. The molecule has 1 N–H and O–H groups in total. The SMILES string of the molecule is O=C(NCCCN1CCCC1=O)c1cc(OC[C@H]2CCCN2c2ccnc3ncnn23)c2ccccc2n1. The molecule has 2 fully saturated rings. The monoisotopic (exact) mass is 514 g/mol. The van der Waals surface area contributed by atoms with Crippen molar-refractivity contribution in [2.45, 2.75) is 38.1 Å². The molecule has 38 heavy (non-hydrogen) atoms. The zero-order valence-corrected chi connectivity index (χ0v) is 21.1. The summed E-state index contributed by atoms with van der Waals surface area (Å²) in [7, 11) is 0. The van der Waals surface area contributed by atoms with Gasteiger partial charge >= 0.3 is 0 Å². The van der Waals surface area contributed by atoms with Crippen molar-refractivity contribution in [3.05, 3.63) is 54.6 Å². The summed E-state index contributed by atoms with van der Waals surface area (Å²) in [6.45, 7) is 3.29. The van der Waals surface area contributed by atoms with Gasteiger partial charge in [0.2, 0.25) is 5.91 Å². The Bertz CT molecular complexity index is 1470. The molecule has 196 valence electrons. The zero-order chi connectivity index (χ0) is 25.9. The molecular weight excluding hydrogens is 484 g/mol. The van der Waals surface area contributed by atoms with E-state index in [2.05, 4.69) is 30.3 Å². The van der Waals surface area contributed by atoms with Crippen molar-refractivity contribution in [3.8, 4) is 5.75 Å². The van der Waals surface area contributed by atoms with Gasteiger partial charge in [-0.1, -0.05) is 12.1 Å². The second-order valence-corrected chi connectivity index (χ2v) is 9.69. The number of fused-ring (bicyclic) bond motifs is 2. The van der Waals surface area contributed by atoms with Gasteiger partial charge in [0, 0.05) is 50.2 Å². The van der Waals surface area contributed by atoms with Gasteiger partial charge in [-0.15, -0.1) is 0 Å². The van der Waals surface area contributed by atoms with Crippen molar-refractivity contribution in [2.75, 3.05) is 37.7 Å². The normalized spacial score (nSPS) is 17.6. The largest absolute Gasteiger partial charge is 0.491 e. The maximum atomic E-state index is 13.0. The lowest BCUT2D eigenvalue weighted by atomic mass is 10.1. The molecule has 2 amide bonds. The van der Waals surface area contributed by atoms with E-state index in [1.807, 2.05) is 35.2 Å². The summed E-state index contributed by atoms with van der Waals surface area (Å²) in [4.78, 5) is 41.9. The molecule has 2 aliphatic rings. The predicted octanol–water partition coefficient (Wildman–Crippen LogP) is 2.46. The number of benzene rings is 1. The fourth-order valence-corrected chi connectivity index (χ4v) is 5.32. The van der Waals surface area contributed by atoms with Gasteiger partial charge in [0.05, 0.1) is 11.6 Å². The minimum absolute atomic E-state index is 0.141. The Morgan fingerprint density at radius 2 is 2.05 bits per heavy atom. The summed E-state index contributed by atoms with van der Waals surface area (Å²) in [6.07, 6.45) is 7.53. The third kappa shape index (κ3) is 4.83. The van der Waals surface area contributed by atoms with Crippen molar-refractivity contribution in [1.82, 2.24) is 34.8 Å². The molecule has 6 rings (SSSR count). The minimum Gasteiger partial charge on any atom is -0.491 e. The number of rotatable bonds is 9. The minimum atomic E-state index is -0.249. The summed E-state index contributed by atoms with van der Waals surface area (Å²) in [5.41, 5.74) is 1.03. The molecule has 11 heteroatoms. The van der Waals surface area contributed by atoms with Crippen LogP contribution >= 0.6 is 0 Å². The first kappa shape index (κ1) is 24.1. The van der Waals surface area contributed by atoms with E-state index in [4.69, 9.17) is 4.74 Å². The molecule has 2 saturated heterocycles. The molecule has 0 radical (unpaired) electrons. The van der Waals surface area contributed by atoms with Gasteiger partial charge in [-0.2, -0.15) is 14.6 Å². The average Bonchev–Trinajstić information content (AvgIpc) is 3.70. The summed E-state index contributed by atoms with van der Waals surface area (Å²) < 4.78 is 8.13. The number of para-hydroxylation sites is 1. The molecule has 0 unspecified atom stereocenters. The maximum Gasteiger partial charge on any atom is 0.270 e. The van der Waals surface area contributed by atoms with Crippen LogP contribution in [0.25, 0.3) is 16.7 Å². The highest BCUT2D eigenvalue weighted by Crippen LogP contribution is 2.29. The molecule has 1 aromatic carbocycles. The number of hydrogen-bond acceptors (Lipinski definition) is 8. The topological polar surface area (TPSA) is 118 Å². The highest BCUT2D eigenvalue weighted by molar-refractivity contribution is 5.97. The molecule has 3 aromatic heterocycles. The van der Waals surface area contributed by atoms with Crippen LogP contribution in [0.5, 0.6) is 5.75 Å². The lowest BCUT2D eigenvalue weighted by Crippen LogP contribution is -2.35. The number of carbonyl (C=O) groups excluding carboxylic acids is 2. The van der Waals surface area contributed by atoms with Gasteiger partial charge in [-0.25, -0.2) is 9.97 Å². The second kappa shape index (κ2) is 10.6. The smallest absolute Gasteiger partial charge is 0.270 e. The predicted molar refractivity (Wildman–Crippen MR) is 141 cm³/mol. The van der Waals surface area contributed by atoms with Crippen LogP contribution in [0.4, 0.5) is 5.82 Å². The van der Waals surface area contributed by atoms with Gasteiger partial charge in [-0.3, -0.25) is 9.59 Å². The number of nitrogens with one attached hydrogen (secondary N) is 1. The summed E-state index contributed by atoms with van der Waals surface area (Å²) in [5, 5.41) is 8.14. The molecular formula is C27H30N8O3. The second-order valence-electron chi connectivity index (χ2n) is 9.69. The Labute approximate surface area is 219 Å². The van der Waals surface area contributed by atoms with E-state index in [0.29, 0.717) is 55.3 Å². The summed E-state index contributed by atoms with van der Waals surface area (Å²) >= 11 is 0. The van der Waals surface area contributed by atoms with Crippen molar-refractivity contribution in [2.24, 2.45) is 0 Å². The van der Waals surface area contributed by atoms with E-state index in [1.165, 1.54) is 6.33 Å².